The molecule has 30 heavy (non-hydrogen) atoms. The van der Waals surface area contributed by atoms with Crippen molar-refractivity contribution in [3.05, 3.63) is 73.2 Å². The maximum Gasteiger partial charge on any atom is 0.261 e. The predicted octanol–water partition coefficient (Wildman–Crippen LogP) is 2.11. The molecule has 4 aromatic rings. The molecule has 0 fully saturated rings. The highest BCUT2D eigenvalue weighted by Crippen LogP contribution is 2.23. The molecule has 0 atom stereocenters. The molecule has 0 bridgehead atoms. The van der Waals surface area contributed by atoms with Crippen LogP contribution in [-0.2, 0) is 20.0 Å². The summed E-state index contributed by atoms with van der Waals surface area (Å²) in [6, 6.07) is 13.5. The molecule has 0 saturated heterocycles. The monoisotopic (exact) mass is 443 g/mol. The predicted molar refractivity (Wildman–Crippen MR) is 112 cm³/mol. The van der Waals surface area contributed by atoms with Gasteiger partial charge >= 0.3 is 0 Å². The Morgan fingerprint density at radius 2 is 1.50 bits per heavy atom. The van der Waals surface area contributed by atoms with Crippen molar-refractivity contribution >= 4 is 31.5 Å². The van der Waals surface area contributed by atoms with Crippen LogP contribution in [0, 0.1) is 0 Å². The Bertz CT molecular complexity index is 1380. The van der Waals surface area contributed by atoms with E-state index in [9.17, 15) is 16.8 Å². The fourth-order valence-corrected chi connectivity index (χ4v) is 4.60. The van der Waals surface area contributed by atoms with Crippen molar-refractivity contribution in [3.63, 3.8) is 0 Å². The lowest BCUT2D eigenvalue weighted by Gasteiger charge is -2.09. The van der Waals surface area contributed by atoms with Crippen molar-refractivity contribution in [2.45, 2.75) is 9.79 Å². The van der Waals surface area contributed by atoms with E-state index in [-0.39, 0.29) is 9.79 Å². The first-order valence-corrected chi connectivity index (χ1v) is 11.7. The van der Waals surface area contributed by atoms with Gasteiger partial charge in [-0.3, -0.25) is 9.12 Å². The first-order chi connectivity index (χ1) is 14.3. The van der Waals surface area contributed by atoms with E-state index in [0.29, 0.717) is 17.2 Å². The summed E-state index contributed by atoms with van der Waals surface area (Å²) in [6.07, 6.45) is 5.33. The number of anilines is 1. The van der Waals surface area contributed by atoms with Crippen LogP contribution in [0.4, 0.5) is 5.69 Å². The summed E-state index contributed by atoms with van der Waals surface area (Å²) in [5.41, 5.74) is 1.89. The van der Waals surface area contributed by atoms with Crippen LogP contribution >= 0.6 is 0 Å². The summed E-state index contributed by atoms with van der Waals surface area (Å²) in [4.78, 5) is 8.53. The number of nitrogens with zero attached hydrogens (tertiary/aromatic N) is 3. The van der Waals surface area contributed by atoms with Gasteiger partial charge in [-0.2, -0.15) is 0 Å². The van der Waals surface area contributed by atoms with Crippen molar-refractivity contribution in [1.29, 1.82) is 0 Å². The summed E-state index contributed by atoms with van der Waals surface area (Å²) in [5.74, 6) is 0.570. The van der Waals surface area contributed by atoms with E-state index in [1.807, 2.05) is 12.4 Å². The highest BCUT2D eigenvalue weighted by molar-refractivity contribution is 7.92. The Labute approximate surface area is 173 Å². The number of fused-ring (bicyclic) bond motifs is 1. The molecule has 2 heterocycles. The van der Waals surface area contributed by atoms with Gasteiger partial charge in [0.1, 0.15) is 0 Å². The summed E-state index contributed by atoms with van der Waals surface area (Å²) >= 11 is 0. The van der Waals surface area contributed by atoms with Gasteiger partial charge in [0.25, 0.3) is 10.0 Å². The number of hydrogen-bond acceptors (Lipinski definition) is 6. The summed E-state index contributed by atoms with van der Waals surface area (Å²) in [7, 11) is -6.23. The Kier molecular flexibility index (Phi) is 5.02. The van der Waals surface area contributed by atoms with Crippen molar-refractivity contribution < 1.29 is 16.8 Å². The second-order valence-electron chi connectivity index (χ2n) is 6.31. The second-order valence-corrected chi connectivity index (χ2v) is 9.88. The quantitative estimate of drug-likeness (QED) is 0.471. The number of sulfonamides is 2. The van der Waals surface area contributed by atoms with Gasteiger partial charge < -0.3 is 0 Å². The molecule has 0 unspecified atom stereocenters. The molecule has 2 aromatic carbocycles. The van der Waals surface area contributed by atoms with E-state index in [4.69, 9.17) is 0 Å². The molecule has 11 heteroatoms. The topological polar surface area (TPSA) is 123 Å². The minimum Gasteiger partial charge on any atom is -0.291 e. The van der Waals surface area contributed by atoms with Crippen LogP contribution < -0.4 is 9.44 Å². The molecule has 2 aromatic heterocycles. The smallest absolute Gasteiger partial charge is 0.261 e. The van der Waals surface area contributed by atoms with Gasteiger partial charge in [-0.25, -0.2) is 31.5 Å². The molecule has 0 aliphatic carbocycles. The van der Waals surface area contributed by atoms with Crippen molar-refractivity contribution in [2.24, 2.45) is 0 Å². The number of hydrogen-bond donors (Lipinski definition) is 2. The third-order valence-electron chi connectivity index (χ3n) is 4.38. The second kappa shape index (κ2) is 7.52. The lowest BCUT2D eigenvalue weighted by atomic mass is 10.1. The number of benzene rings is 2. The van der Waals surface area contributed by atoms with Crippen molar-refractivity contribution in [3.8, 4) is 11.3 Å². The van der Waals surface area contributed by atoms with Gasteiger partial charge in [0.2, 0.25) is 15.8 Å². The Balaban J connectivity index is 1.55. The number of imidazole rings is 1. The maximum atomic E-state index is 12.6. The number of rotatable bonds is 6. The van der Waals surface area contributed by atoms with E-state index in [0.717, 1.165) is 5.56 Å². The first kappa shape index (κ1) is 20.0. The third-order valence-corrected chi connectivity index (χ3v) is 7.21. The molecule has 154 valence electrons. The Morgan fingerprint density at radius 3 is 2.10 bits per heavy atom. The Morgan fingerprint density at radius 1 is 0.867 bits per heavy atom. The van der Waals surface area contributed by atoms with Crippen LogP contribution in [0.1, 0.15) is 0 Å². The zero-order valence-electron chi connectivity index (χ0n) is 15.7. The third kappa shape index (κ3) is 3.90. The molecule has 4 rings (SSSR count). The van der Waals surface area contributed by atoms with Crippen LogP contribution in [0.25, 0.3) is 17.0 Å². The number of nitrogens with one attached hydrogen (secondary N) is 2. The lowest BCUT2D eigenvalue weighted by Crippen LogP contribution is -2.19. The zero-order chi connectivity index (χ0) is 21.4. The molecule has 0 radical (unpaired) electrons. The summed E-state index contributed by atoms with van der Waals surface area (Å²) in [6.45, 7) is 0. The van der Waals surface area contributed by atoms with E-state index >= 15 is 0 Å². The molecule has 9 nitrogen and oxygen atoms in total. The van der Waals surface area contributed by atoms with Gasteiger partial charge in [-0.05, 0) is 49.5 Å². The minimum absolute atomic E-state index is 0.0183. The minimum atomic E-state index is -3.88. The van der Waals surface area contributed by atoms with E-state index in [2.05, 4.69) is 19.4 Å². The average molecular weight is 444 g/mol. The molecular formula is C19H17N5O4S2. The van der Waals surface area contributed by atoms with Crippen LogP contribution in [-0.4, -0.2) is 38.3 Å². The molecule has 0 aliphatic heterocycles. The average Bonchev–Trinajstić information content (AvgIpc) is 3.18. The fraction of sp³-hybridized carbons (Fsp3) is 0.0526. The van der Waals surface area contributed by atoms with Crippen molar-refractivity contribution in [2.75, 3.05) is 11.8 Å². The lowest BCUT2D eigenvalue weighted by molar-refractivity contribution is 0.587. The molecule has 0 saturated carbocycles. The molecule has 0 spiro atoms. The SMILES string of the molecule is CNS(=O)(=O)c1ccc(S(=O)(=O)Nc2ccc(-c3cn4cccnc4n3)cc2)cc1. The van der Waals surface area contributed by atoms with E-state index in [1.165, 1.54) is 31.3 Å². The van der Waals surface area contributed by atoms with E-state index in [1.54, 1.807) is 40.9 Å². The van der Waals surface area contributed by atoms with Crippen molar-refractivity contribution in [1.82, 2.24) is 19.1 Å². The normalized spacial score (nSPS) is 12.2. The molecule has 0 aliphatic rings. The zero-order valence-corrected chi connectivity index (χ0v) is 17.4. The van der Waals surface area contributed by atoms with E-state index < -0.39 is 20.0 Å². The highest BCUT2D eigenvalue weighted by atomic mass is 32.2. The summed E-state index contributed by atoms with van der Waals surface area (Å²) in [5, 5.41) is 0. The van der Waals surface area contributed by atoms with Gasteiger partial charge in [0.15, 0.2) is 0 Å². The fourth-order valence-electron chi connectivity index (χ4n) is 2.81. The van der Waals surface area contributed by atoms with Gasteiger partial charge in [0, 0.05) is 29.8 Å². The molecule has 0 amide bonds. The first-order valence-electron chi connectivity index (χ1n) is 8.75. The van der Waals surface area contributed by atoms with Crippen LogP contribution in [0.15, 0.2) is 83.0 Å². The van der Waals surface area contributed by atoms with Crippen LogP contribution in [0.3, 0.4) is 0 Å². The molecular weight excluding hydrogens is 426 g/mol. The van der Waals surface area contributed by atoms with Crippen LogP contribution in [0.2, 0.25) is 0 Å². The Hall–Kier alpha value is -3.28. The molecule has 2 N–H and O–H groups in total. The van der Waals surface area contributed by atoms with Gasteiger partial charge in [-0.1, -0.05) is 12.1 Å². The largest absolute Gasteiger partial charge is 0.291 e. The maximum absolute atomic E-state index is 12.6. The summed E-state index contributed by atoms with van der Waals surface area (Å²) < 4.78 is 55.2. The van der Waals surface area contributed by atoms with Gasteiger partial charge in [0.05, 0.1) is 15.5 Å². The van der Waals surface area contributed by atoms with Gasteiger partial charge in [-0.15, -0.1) is 0 Å². The number of aromatic nitrogens is 3. The standard InChI is InChI=1S/C19H17N5O4S2/c1-20-29(25,26)16-7-9-17(10-8-16)30(27,28)23-15-5-3-14(4-6-15)18-13-24-12-2-11-21-19(24)22-18/h2-13,20,23H,1H3. The van der Waals surface area contributed by atoms with Crippen LogP contribution in [0.5, 0.6) is 0 Å². The highest BCUT2D eigenvalue weighted by Gasteiger charge is 2.17.